The van der Waals surface area contributed by atoms with Crippen LogP contribution in [0.4, 0.5) is 0 Å². The molecule has 1 fully saturated rings. The van der Waals surface area contributed by atoms with Crippen molar-refractivity contribution in [3.8, 4) is 5.97 Å². The summed E-state index contributed by atoms with van der Waals surface area (Å²) >= 11 is 0. The number of nitriles is 1. The van der Waals surface area contributed by atoms with E-state index < -0.39 is 17.7 Å². The summed E-state index contributed by atoms with van der Waals surface area (Å²) in [5, 5.41) is 34.7. The molecule has 1 unspecified atom stereocenters. The standard InChI is InChI=1S/C20H30BN3O3.C9H10.C5H11NO/c1-20(2,27)23-19(26)17(12-16-6-4-3-5-7-16)13-18(25)14-24-10-8-21(15-22)9-11-24;1-2-5-9-7-3-6-8(9)4-1;1-2-3-4-6-5-7/h3-7,17-18,25,27H,8-14H2,1-2H3,(H,23,26);1-2,4-5H,3,6-7H2;5H,2-4H2,1H3,(H,6,7)/t17-,18?;;/m1../s1. The minimum Gasteiger partial charge on any atom is -0.392 e. The molecule has 0 saturated carbocycles. The Hall–Kier alpha value is -3.19. The lowest BCUT2D eigenvalue weighted by atomic mass is 9.45. The van der Waals surface area contributed by atoms with E-state index in [-0.39, 0.29) is 12.6 Å². The molecule has 2 aliphatic rings. The zero-order valence-electron chi connectivity index (χ0n) is 26.3. The Morgan fingerprint density at radius 1 is 1.09 bits per heavy atom. The number of carbonyl (C=O) groups is 2. The van der Waals surface area contributed by atoms with E-state index in [0.717, 1.165) is 57.1 Å². The predicted octanol–water partition coefficient (Wildman–Crippen LogP) is 4.02. The highest BCUT2D eigenvalue weighted by molar-refractivity contribution is 6.67. The number of fused-ring (bicyclic) bond motifs is 1. The number of benzene rings is 2. The summed E-state index contributed by atoms with van der Waals surface area (Å²) in [5.41, 5.74) is 2.86. The lowest BCUT2D eigenvalue weighted by molar-refractivity contribution is -0.132. The first-order valence-electron chi connectivity index (χ1n) is 15.8. The summed E-state index contributed by atoms with van der Waals surface area (Å²) in [5.74, 6) is 1.63. The van der Waals surface area contributed by atoms with Gasteiger partial charge in [-0.2, -0.15) is 0 Å². The number of aryl methyl sites for hydroxylation is 2. The number of aliphatic hydroxyl groups is 2. The van der Waals surface area contributed by atoms with Crippen LogP contribution in [0.3, 0.4) is 0 Å². The summed E-state index contributed by atoms with van der Waals surface area (Å²) in [4.78, 5) is 24.4. The molecule has 43 heavy (non-hydrogen) atoms. The van der Waals surface area contributed by atoms with Crippen molar-refractivity contribution in [2.24, 2.45) is 5.92 Å². The number of nitrogens with zero attached hydrogens (tertiary/aromatic N) is 2. The van der Waals surface area contributed by atoms with Gasteiger partial charge in [-0.1, -0.05) is 67.9 Å². The van der Waals surface area contributed by atoms with Crippen LogP contribution in [0.5, 0.6) is 0 Å². The Balaban J connectivity index is 0.000000324. The molecule has 1 saturated heterocycles. The third-order valence-corrected chi connectivity index (χ3v) is 7.69. The van der Waals surface area contributed by atoms with Crippen LogP contribution in [-0.2, 0) is 28.9 Å². The van der Waals surface area contributed by atoms with Crippen molar-refractivity contribution in [2.75, 3.05) is 26.2 Å². The Kier molecular flexibility index (Phi) is 16.7. The largest absolute Gasteiger partial charge is 0.392 e. The van der Waals surface area contributed by atoms with E-state index in [1.54, 1.807) is 11.1 Å². The molecule has 0 spiro atoms. The number of rotatable bonds is 12. The number of unbranched alkanes of at least 4 members (excludes halogenated alkanes) is 1. The van der Waals surface area contributed by atoms with Crippen LogP contribution in [0.2, 0.25) is 12.6 Å². The molecule has 2 aromatic carbocycles. The van der Waals surface area contributed by atoms with Crippen molar-refractivity contribution in [1.29, 1.82) is 5.26 Å². The molecule has 0 radical (unpaired) electrons. The Morgan fingerprint density at radius 3 is 2.23 bits per heavy atom. The van der Waals surface area contributed by atoms with Gasteiger partial charge in [-0.25, -0.2) is 5.26 Å². The molecule has 0 bridgehead atoms. The molecule has 2 aromatic rings. The average Bonchev–Trinajstić information content (AvgIpc) is 3.47. The summed E-state index contributed by atoms with van der Waals surface area (Å²) < 4.78 is 0. The lowest BCUT2D eigenvalue weighted by Gasteiger charge is -2.31. The van der Waals surface area contributed by atoms with Crippen molar-refractivity contribution < 1.29 is 19.8 Å². The topological polar surface area (TPSA) is 126 Å². The first kappa shape index (κ1) is 36.0. The average molecular weight is 591 g/mol. The summed E-state index contributed by atoms with van der Waals surface area (Å²) in [6, 6.07) is 18.4. The second-order valence-electron chi connectivity index (χ2n) is 12.1. The van der Waals surface area contributed by atoms with E-state index >= 15 is 0 Å². The normalized spacial score (nSPS) is 15.8. The van der Waals surface area contributed by atoms with Gasteiger partial charge >= 0.3 is 0 Å². The molecule has 2 amide bonds. The van der Waals surface area contributed by atoms with E-state index in [1.165, 1.54) is 33.1 Å². The van der Waals surface area contributed by atoms with Crippen molar-refractivity contribution in [1.82, 2.24) is 15.5 Å². The van der Waals surface area contributed by atoms with Gasteiger partial charge in [0.15, 0.2) is 0 Å². The van der Waals surface area contributed by atoms with E-state index in [9.17, 15) is 19.8 Å². The highest BCUT2D eigenvalue weighted by atomic mass is 16.3. The summed E-state index contributed by atoms with van der Waals surface area (Å²) in [6.45, 7) is 8.18. The molecule has 8 nitrogen and oxygen atoms in total. The van der Waals surface area contributed by atoms with Gasteiger partial charge in [0.2, 0.25) is 12.3 Å². The fraction of sp³-hybridized carbons (Fsp3) is 0.559. The van der Waals surface area contributed by atoms with E-state index in [4.69, 9.17) is 5.26 Å². The second kappa shape index (κ2) is 19.9. The zero-order valence-corrected chi connectivity index (χ0v) is 26.3. The molecule has 9 heteroatoms. The van der Waals surface area contributed by atoms with Crippen molar-refractivity contribution in [3.63, 3.8) is 0 Å². The Labute approximate surface area is 259 Å². The highest BCUT2D eigenvalue weighted by Crippen LogP contribution is 2.20. The third-order valence-electron chi connectivity index (χ3n) is 7.69. The fourth-order valence-electron chi connectivity index (χ4n) is 5.38. The number of amides is 2. The number of hydrogen-bond donors (Lipinski definition) is 4. The molecule has 234 valence electrons. The number of β-amino-alcohol motifs (C(OH)–C–C–N with tert-alkyl or cyclic N) is 1. The summed E-state index contributed by atoms with van der Waals surface area (Å²) in [6.07, 6.45) is 8.78. The minimum absolute atomic E-state index is 0.113. The highest BCUT2D eigenvalue weighted by Gasteiger charge is 2.29. The third kappa shape index (κ3) is 15.2. The van der Waals surface area contributed by atoms with Crippen LogP contribution in [-0.4, -0.2) is 72.2 Å². The van der Waals surface area contributed by atoms with E-state index in [1.807, 2.05) is 30.3 Å². The van der Waals surface area contributed by atoms with Gasteiger partial charge in [-0.05, 0) is 94.8 Å². The van der Waals surface area contributed by atoms with Crippen molar-refractivity contribution in [2.45, 2.75) is 90.2 Å². The molecule has 2 atom stereocenters. The number of carbonyl (C=O) groups excluding carboxylic acids is 2. The lowest BCUT2D eigenvalue weighted by Crippen LogP contribution is -2.47. The van der Waals surface area contributed by atoms with E-state index in [0.29, 0.717) is 19.4 Å². The molecule has 0 aromatic heterocycles. The fourth-order valence-corrected chi connectivity index (χ4v) is 5.38. The van der Waals surface area contributed by atoms with Crippen LogP contribution in [0.1, 0.15) is 63.1 Å². The minimum atomic E-state index is -1.30. The Bertz CT molecular complexity index is 1090. The van der Waals surface area contributed by atoms with Gasteiger partial charge in [-0.15, -0.1) is 0 Å². The smallest absolute Gasteiger partial charge is 0.270 e. The van der Waals surface area contributed by atoms with Crippen LogP contribution in [0.25, 0.3) is 0 Å². The SMILES string of the molecule is CC(C)(O)NC(=O)[C@H](Cc1ccccc1)CC(O)CN1CCB(C#N)CC1.CCCCNC=O.c1ccc2c(c1)CCC2. The molecular weight excluding hydrogens is 539 g/mol. The predicted molar refractivity (Wildman–Crippen MR) is 174 cm³/mol. The van der Waals surface area contributed by atoms with E-state index in [2.05, 4.69) is 52.7 Å². The van der Waals surface area contributed by atoms with Gasteiger partial charge in [0.25, 0.3) is 6.71 Å². The van der Waals surface area contributed by atoms with Crippen molar-refractivity contribution >= 4 is 19.0 Å². The summed E-state index contributed by atoms with van der Waals surface area (Å²) in [7, 11) is 0. The van der Waals surface area contributed by atoms with Crippen molar-refractivity contribution in [3.05, 3.63) is 71.3 Å². The monoisotopic (exact) mass is 590 g/mol. The maximum absolute atomic E-state index is 12.6. The van der Waals surface area contributed by atoms with Gasteiger partial charge < -0.3 is 25.7 Å². The number of aliphatic hydroxyl groups excluding tert-OH is 1. The van der Waals surface area contributed by atoms with Crippen LogP contribution >= 0.6 is 0 Å². The molecule has 1 aliphatic heterocycles. The zero-order chi connectivity index (χ0) is 31.5. The van der Waals surface area contributed by atoms with Gasteiger partial charge in [0.1, 0.15) is 5.72 Å². The number of hydrogen-bond acceptors (Lipinski definition) is 6. The molecule has 1 heterocycles. The Morgan fingerprint density at radius 2 is 1.70 bits per heavy atom. The molecule has 1 aliphatic carbocycles. The van der Waals surface area contributed by atoms with Gasteiger partial charge in [-0.3, -0.25) is 9.59 Å². The van der Waals surface area contributed by atoms with Crippen LogP contribution in [0, 0.1) is 17.1 Å². The van der Waals surface area contributed by atoms with Gasteiger partial charge in [0.05, 0.1) is 6.10 Å². The second-order valence-corrected chi connectivity index (χ2v) is 12.1. The molecule has 4 N–H and O–H groups in total. The number of nitrogens with one attached hydrogen (secondary N) is 2. The maximum atomic E-state index is 12.6. The quantitative estimate of drug-likeness (QED) is 0.128. The molecular formula is C34H51BN4O4. The maximum Gasteiger partial charge on any atom is 0.270 e. The van der Waals surface area contributed by atoms with Crippen LogP contribution in [0.15, 0.2) is 54.6 Å². The molecule has 4 rings (SSSR count). The first-order valence-corrected chi connectivity index (χ1v) is 15.8. The van der Waals surface area contributed by atoms with Crippen LogP contribution < -0.4 is 10.6 Å². The van der Waals surface area contributed by atoms with Gasteiger partial charge in [0, 0.05) is 25.0 Å². The first-order chi connectivity index (χ1) is 20.6.